The number of aryl methyl sites for hydroxylation is 2. The Hall–Kier alpha value is -2.58. The molecule has 1 heterocycles. The summed E-state index contributed by atoms with van der Waals surface area (Å²) in [4.78, 5) is 38.2. The third kappa shape index (κ3) is 4.45. The van der Waals surface area contributed by atoms with Gasteiger partial charge in [-0.05, 0) is 76.9 Å². The first-order chi connectivity index (χ1) is 13.2. The summed E-state index contributed by atoms with van der Waals surface area (Å²) in [5.41, 5.74) is 3.27. The molecule has 1 saturated heterocycles. The van der Waals surface area contributed by atoms with Crippen LogP contribution < -0.4 is 5.32 Å². The summed E-state index contributed by atoms with van der Waals surface area (Å²) >= 11 is 3.99. The number of aromatic hydroxyl groups is 1. The van der Waals surface area contributed by atoms with Gasteiger partial charge < -0.3 is 10.4 Å². The predicted octanol–water partition coefficient (Wildman–Crippen LogP) is 4.45. The fraction of sp³-hybridized carbons (Fsp3) is 0.150. The molecule has 28 heavy (non-hydrogen) atoms. The second kappa shape index (κ2) is 8.20. The van der Waals surface area contributed by atoms with E-state index >= 15 is 0 Å². The van der Waals surface area contributed by atoms with E-state index in [0.29, 0.717) is 15.7 Å². The first-order valence-electron chi connectivity index (χ1n) is 8.35. The number of amides is 3. The molecule has 0 spiro atoms. The maximum Gasteiger partial charge on any atom is 0.294 e. The SMILES string of the molecule is Cc1ccc(NC(=O)CN2C(=O)S/C(=C/c3ccc(O)c(Br)c3)C2=O)c(C)c1. The Morgan fingerprint density at radius 2 is 1.96 bits per heavy atom. The van der Waals surface area contributed by atoms with Gasteiger partial charge in [0, 0.05) is 5.69 Å². The van der Waals surface area contributed by atoms with Gasteiger partial charge in [-0.25, -0.2) is 0 Å². The van der Waals surface area contributed by atoms with Gasteiger partial charge in [0.05, 0.1) is 9.38 Å². The Bertz CT molecular complexity index is 1020. The molecule has 2 aromatic rings. The molecular weight excluding hydrogens is 444 g/mol. The molecule has 2 aromatic carbocycles. The lowest BCUT2D eigenvalue weighted by Crippen LogP contribution is -2.36. The van der Waals surface area contributed by atoms with Gasteiger partial charge in [-0.2, -0.15) is 0 Å². The maximum absolute atomic E-state index is 12.5. The van der Waals surface area contributed by atoms with Gasteiger partial charge in [0.15, 0.2) is 0 Å². The van der Waals surface area contributed by atoms with E-state index in [1.807, 2.05) is 26.0 Å². The zero-order chi connectivity index (χ0) is 20.4. The van der Waals surface area contributed by atoms with E-state index in [0.717, 1.165) is 27.8 Å². The molecule has 0 saturated carbocycles. The van der Waals surface area contributed by atoms with Crippen LogP contribution in [0.2, 0.25) is 0 Å². The third-order valence-corrected chi connectivity index (χ3v) is 5.64. The Kier molecular flexibility index (Phi) is 5.90. The number of carbonyl (C=O) groups excluding carboxylic acids is 3. The second-order valence-corrected chi connectivity index (χ2v) is 8.19. The van der Waals surface area contributed by atoms with Crippen molar-refractivity contribution in [1.82, 2.24) is 4.90 Å². The van der Waals surface area contributed by atoms with E-state index in [2.05, 4.69) is 21.2 Å². The first-order valence-corrected chi connectivity index (χ1v) is 9.96. The molecule has 3 amide bonds. The number of phenolic OH excluding ortho intramolecular Hbond substituents is 1. The van der Waals surface area contributed by atoms with Crippen molar-refractivity contribution in [2.75, 3.05) is 11.9 Å². The number of thioether (sulfide) groups is 1. The van der Waals surface area contributed by atoms with Gasteiger partial charge >= 0.3 is 0 Å². The van der Waals surface area contributed by atoms with Crippen LogP contribution in [0.1, 0.15) is 16.7 Å². The molecular formula is C20H17BrN2O4S. The zero-order valence-corrected chi connectivity index (χ0v) is 17.6. The van der Waals surface area contributed by atoms with Crippen molar-refractivity contribution in [3.05, 3.63) is 62.5 Å². The Balaban J connectivity index is 1.71. The lowest BCUT2D eigenvalue weighted by molar-refractivity contribution is -0.127. The Labute approximate surface area is 174 Å². The maximum atomic E-state index is 12.5. The van der Waals surface area contributed by atoms with Crippen molar-refractivity contribution >= 4 is 56.5 Å². The number of halogens is 1. The van der Waals surface area contributed by atoms with Crippen LogP contribution in [0.15, 0.2) is 45.8 Å². The van der Waals surface area contributed by atoms with Gasteiger partial charge in [-0.1, -0.05) is 23.8 Å². The topological polar surface area (TPSA) is 86.7 Å². The van der Waals surface area contributed by atoms with Crippen molar-refractivity contribution in [3.63, 3.8) is 0 Å². The summed E-state index contributed by atoms with van der Waals surface area (Å²) < 4.78 is 0.480. The highest BCUT2D eigenvalue weighted by Gasteiger charge is 2.36. The molecule has 3 rings (SSSR count). The lowest BCUT2D eigenvalue weighted by atomic mass is 10.1. The standard InChI is InChI=1S/C20H17BrN2O4S/c1-11-3-5-15(12(2)7-11)22-18(25)10-23-19(26)17(28-20(23)27)9-13-4-6-16(24)14(21)8-13/h3-9,24H,10H2,1-2H3,(H,22,25)/b17-9+. The van der Waals surface area contributed by atoms with Gasteiger partial charge in [0.2, 0.25) is 5.91 Å². The molecule has 144 valence electrons. The molecule has 8 heteroatoms. The van der Waals surface area contributed by atoms with Crippen LogP contribution in [0, 0.1) is 13.8 Å². The highest BCUT2D eigenvalue weighted by Crippen LogP contribution is 2.33. The number of anilines is 1. The first kappa shape index (κ1) is 20.2. The van der Waals surface area contributed by atoms with E-state index in [4.69, 9.17) is 0 Å². The number of carbonyl (C=O) groups is 3. The number of nitrogens with one attached hydrogen (secondary N) is 1. The minimum absolute atomic E-state index is 0.0772. The van der Waals surface area contributed by atoms with Crippen molar-refractivity contribution in [1.29, 1.82) is 0 Å². The van der Waals surface area contributed by atoms with Crippen molar-refractivity contribution in [2.45, 2.75) is 13.8 Å². The summed E-state index contributed by atoms with van der Waals surface area (Å²) in [5, 5.41) is 11.8. The number of phenols is 1. The molecule has 0 radical (unpaired) electrons. The number of imide groups is 1. The largest absolute Gasteiger partial charge is 0.507 e. The summed E-state index contributed by atoms with van der Waals surface area (Å²) in [6, 6.07) is 10.4. The van der Waals surface area contributed by atoms with Crippen LogP contribution >= 0.6 is 27.7 Å². The molecule has 1 aliphatic rings. The summed E-state index contributed by atoms with van der Waals surface area (Å²) in [6.07, 6.45) is 1.55. The van der Waals surface area contributed by atoms with Crippen molar-refractivity contribution < 1.29 is 19.5 Å². The molecule has 1 fully saturated rings. The molecule has 0 bridgehead atoms. The quantitative estimate of drug-likeness (QED) is 0.658. The number of benzene rings is 2. The number of rotatable bonds is 4. The average molecular weight is 461 g/mol. The van der Waals surface area contributed by atoms with Gasteiger partial charge in [-0.15, -0.1) is 0 Å². The molecule has 6 nitrogen and oxygen atoms in total. The van der Waals surface area contributed by atoms with Gasteiger partial charge in [0.1, 0.15) is 12.3 Å². The van der Waals surface area contributed by atoms with Crippen LogP contribution in [-0.2, 0) is 9.59 Å². The Morgan fingerprint density at radius 1 is 1.21 bits per heavy atom. The normalized spacial score (nSPS) is 15.4. The van der Waals surface area contributed by atoms with Crippen LogP contribution in [0.3, 0.4) is 0 Å². The zero-order valence-electron chi connectivity index (χ0n) is 15.2. The fourth-order valence-corrected chi connectivity index (χ4v) is 3.92. The molecule has 0 atom stereocenters. The van der Waals surface area contributed by atoms with Gasteiger partial charge in [-0.3, -0.25) is 19.3 Å². The highest BCUT2D eigenvalue weighted by molar-refractivity contribution is 9.10. The molecule has 2 N–H and O–H groups in total. The summed E-state index contributed by atoms with van der Waals surface area (Å²) in [7, 11) is 0. The second-order valence-electron chi connectivity index (χ2n) is 6.35. The molecule has 0 unspecified atom stereocenters. The molecule has 1 aliphatic heterocycles. The smallest absolute Gasteiger partial charge is 0.294 e. The minimum Gasteiger partial charge on any atom is -0.507 e. The fourth-order valence-electron chi connectivity index (χ4n) is 2.69. The van der Waals surface area contributed by atoms with E-state index in [-0.39, 0.29) is 17.2 Å². The number of hydrogen-bond acceptors (Lipinski definition) is 5. The van der Waals surface area contributed by atoms with E-state index in [9.17, 15) is 19.5 Å². The monoisotopic (exact) mass is 460 g/mol. The lowest BCUT2D eigenvalue weighted by Gasteiger charge is -2.14. The summed E-state index contributed by atoms with van der Waals surface area (Å²) in [6.45, 7) is 3.48. The van der Waals surface area contributed by atoms with Gasteiger partial charge in [0.25, 0.3) is 11.1 Å². The van der Waals surface area contributed by atoms with Crippen molar-refractivity contribution in [2.24, 2.45) is 0 Å². The van der Waals surface area contributed by atoms with Crippen molar-refractivity contribution in [3.8, 4) is 5.75 Å². The average Bonchev–Trinajstić information content (AvgIpc) is 2.88. The Morgan fingerprint density at radius 3 is 2.64 bits per heavy atom. The number of nitrogens with zero attached hydrogens (tertiary/aromatic N) is 1. The van der Waals surface area contributed by atoms with Crippen LogP contribution in [0.5, 0.6) is 5.75 Å². The highest BCUT2D eigenvalue weighted by atomic mass is 79.9. The molecule has 0 aliphatic carbocycles. The van der Waals surface area contributed by atoms with E-state index in [1.165, 1.54) is 6.07 Å². The minimum atomic E-state index is -0.519. The van der Waals surface area contributed by atoms with E-state index < -0.39 is 17.1 Å². The third-order valence-electron chi connectivity index (χ3n) is 4.10. The predicted molar refractivity (Wildman–Crippen MR) is 113 cm³/mol. The van der Waals surface area contributed by atoms with Crippen LogP contribution in [0.25, 0.3) is 6.08 Å². The van der Waals surface area contributed by atoms with Crippen LogP contribution in [0.4, 0.5) is 10.5 Å². The van der Waals surface area contributed by atoms with E-state index in [1.54, 1.807) is 24.3 Å². The molecule has 0 aromatic heterocycles. The number of hydrogen-bond donors (Lipinski definition) is 2. The summed E-state index contributed by atoms with van der Waals surface area (Å²) in [5.74, 6) is -0.883. The van der Waals surface area contributed by atoms with Crippen LogP contribution in [-0.4, -0.2) is 33.6 Å².